The van der Waals surface area contributed by atoms with Crippen LogP contribution in [0.1, 0.15) is 47.0 Å². The third-order valence-corrected chi connectivity index (χ3v) is 9.35. The minimum atomic E-state index is -0.786. The van der Waals surface area contributed by atoms with Crippen LogP contribution in [0.15, 0.2) is 23.8 Å². The second kappa shape index (κ2) is 6.10. The summed E-state index contributed by atoms with van der Waals surface area (Å²) in [6.07, 6.45) is 12.0. The van der Waals surface area contributed by atoms with E-state index < -0.39 is 10.0 Å². The maximum atomic E-state index is 12.8. The summed E-state index contributed by atoms with van der Waals surface area (Å²) >= 11 is 0. The number of Topliss-reactive ketones (excluding diaryl/α,β-unsaturated/α-hetero) is 1. The molecule has 0 aliphatic carbocycles. The lowest BCUT2D eigenvalue weighted by Gasteiger charge is -2.46. The Morgan fingerprint density at radius 2 is 1.83 bits per heavy atom. The van der Waals surface area contributed by atoms with Crippen LogP contribution in [0.3, 0.4) is 0 Å². The van der Waals surface area contributed by atoms with Crippen LogP contribution in [0, 0.1) is 0 Å². The van der Waals surface area contributed by atoms with Crippen LogP contribution in [0.25, 0.3) is 0 Å². The van der Waals surface area contributed by atoms with E-state index in [1.54, 1.807) is 0 Å². The van der Waals surface area contributed by atoms with Gasteiger partial charge in [-0.2, -0.15) is 0 Å². The zero-order valence-corrected chi connectivity index (χ0v) is 13.4. The lowest BCUT2D eigenvalue weighted by Crippen LogP contribution is -2.39. The Morgan fingerprint density at radius 1 is 1.28 bits per heavy atom. The van der Waals surface area contributed by atoms with Crippen LogP contribution in [-0.4, -0.2) is 28.3 Å². The highest BCUT2D eigenvalue weighted by Crippen LogP contribution is 2.61. The summed E-state index contributed by atoms with van der Waals surface area (Å²) in [4.78, 5) is 12.8. The summed E-state index contributed by atoms with van der Waals surface area (Å²) in [6.45, 7) is 8.40. The Bertz CT molecular complexity index is 357. The number of hydrogen-bond donors (Lipinski definition) is 0. The molecule has 1 rings (SSSR count). The molecular weight excluding hydrogens is 240 g/mol. The molecule has 104 valence electrons. The second-order valence-electron chi connectivity index (χ2n) is 5.78. The molecule has 1 saturated heterocycles. The van der Waals surface area contributed by atoms with Gasteiger partial charge in [0, 0.05) is 5.57 Å². The standard InChI is InChI=1S/C16H28OS/c1-6-8-11-14(7-2)15(17)16(3,4)18(5)12-9-10-13-18/h7-8,11H,6,9-10,12-13H2,1-5H3. The first-order valence-corrected chi connectivity index (χ1v) is 9.38. The van der Waals surface area contributed by atoms with E-state index in [1.165, 1.54) is 24.3 Å². The van der Waals surface area contributed by atoms with Crippen molar-refractivity contribution in [3.8, 4) is 0 Å². The smallest absolute Gasteiger partial charge is 0.176 e. The van der Waals surface area contributed by atoms with Gasteiger partial charge in [-0.25, -0.2) is 10.0 Å². The van der Waals surface area contributed by atoms with Crippen molar-refractivity contribution in [2.75, 3.05) is 17.8 Å². The molecule has 2 heteroatoms. The Balaban J connectivity index is 2.97. The van der Waals surface area contributed by atoms with E-state index >= 15 is 0 Å². The summed E-state index contributed by atoms with van der Waals surface area (Å²) in [5.74, 6) is 2.87. The van der Waals surface area contributed by atoms with Crippen molar-refractivity contribution in [2.24, 2.45) is 0 Å². The molecule has 1 fully saturated rings. The maximum absolute atomic E-state index is 12.8. The van der Waals surface area contributed by atoms with Crippen LogP contribution < -0.4 is 0 Å². The predicted octanol–water partition coefficient (Wildman–Crippen LogP) is 4.47. The molecule has 1 aliphatic heterocycles. The first-order chi connectivity index (χ1) is 8.39. The summed E-state index contributed by atoms with van der Waals surface area (Å²) in [5.41, 5.74) is 0.891. The Hall–Kier alpha value is -0.500. The third kappa shape index (κ3) is 2.90. The summed E-state index contributed by atoms with van der Waals surface area (Å²) in [6, 6.07) is 0. The van der Waals surface area contributed by atoms with E-state index in [4.69, 9.17) is 0 Å². The van der Waals surface area contributed by atoms with Crippen molar-refractivity contribution >= 4 is 15.8 Å². The molecule has 1 aliphatic rings. The van der Waals surface area contributed by atoms with E-state index in [0.717, 1.165) is 12.0 Å². The van der Waals surface area contributed by atoms with Crippen molar-refractivity contribution in [3.05, 3.63) is 23.8 Å². The number of rotatable bonds is 5. The van der Waals surface area contributed by atoms with Gasteiger partial charge in [-0.1, -0.05) is 25.2 Å². The van der Waals surface area contributed by atoms with Crippen LogP contribution in [0.4, 0.5) is 0 Å². The number of hydrogen-bond acceptors (Lipinski definition) is 1. The first-order valence-electron chi connectivity index (χ1n) is 7.00. The fraction of sp³-hybridized carbons (Fsp3) is 0.688. The highest BCUT2D eigenvalue weighted by molar-refractivity contribution is 8.34. The van der Waals surface area contributed by atoms with Gasteiger partial charge in [-0.3, -0.25) is 4.79 Å². The van der Waals surface area contributed by atoms with Crippen LogP contribution in [0.2, 0.25) is 0 Å². The largest absolute Gasteiger partial charge is 0.293 e. The minimum absolute atomic E-state index is 0.177. The average Bonchev–Trinajstić information content (AvgIpc) is 2.78. The van der Waals surface area contributed by atoms with Gasteiger partial charge in [0.1, 0.15) is 0 Å². The average molecular weight is 268 g/mol. The molecule has 0 aromatic rings. The number of ketones is 1. The maximum Gasteiger partial charge on any atom is 0.176 e. The molecule has 0 aromatic carbocycles. The van der Waals surface area contributed by atoms with Gasteiger partial charge in [-0.05, 0) is 57.8 Å². The minimum Gasteiger partial charge on any atom is -0.293 e. The van der Waals surface area contributed by atoms with Crippen molar-refractivity contribution < 1.29 is 4.79 Å². The molecule has 0 aromatic heterocycles. The monoisotopic (exact) mass is 268 g/mol. The Morgan fingerprint density at radius 3 is 2.28 bits per heavy atom. The van der Waals surface area contributed by atoms with E-state index in [9.17, 15) is 4.79 Å². The lowest BCUT2D eigenvalue weighted by molar-refractivity contribution is -0.116. The first kappa shape index (κ1) is 15.6. The normalized spacial score (nSPS) is 22.4. The summed E-state index contributed by atoms with van der Waals surface area (Å²) < 4.78 is -0.177. The molecule has 0 N–H and O–H groups in total. The number of carbonyl (C=O) groups is 1. The van der Waals surface area contributed by atoms with E-state index in [1.807, 2.05) is 19.1 Å². The molecule has 0 spiro atoms. The van der Waals surface area contributed by atoms with Gasteiger partial charge in [0.05, 0.1) is 4.75 Å². The zero-order valence-electron chi connectivity index (χ0n) is 12.6. The summed E-state index contributed by atoms with van der Waals surface area (Å²) in [5, 5.41) is 0. The van der Waals surface area contributed by atoms with Gasteiger partial charge >= 0.3 is 0 Å². The van der Waals surface area contributed by atoms with Crippen molar-refractivity contribution in [1.29, 1.82) is 0 Å². The molecule has 1 nitrogen and oxygen atoms in total. The van der Waals surface area contributed by atoms with Gasteiger partial charge in [0.25, 0.3) is 0 Å². The Kier molecular flexibility index (Phi) is 5.27. The number of carbonyl (C=O) groups excluding carboxylic acids is 1. The Labute approximate surface area is 114 Å². The molecule has 0 atom stereocenters. The fourth-order valence-electron chi connectivity index (χ4n) is 2.57. The molecule has 0 radical (unpaired) electrons. The van der Waals surface area contributed by atoms with Crippen LogP contribution in [0.5, 0.6) is 0 Å². The number of allylic oxidation sites excluding steroid dienone is 4. The van der Waals surface area contributed by atoms with Crippen molar-refractivity contribution in [1.82, 2.24) is 0 Å². The molecule has 0 unspecified atom stereocenters. The topological polar surface area (TPSA) is 17.1 Å². The molecule has 18 heavy (non-hydrogen) atoms. The highest BCUT2D eigenvalue weighted by atomic mass is 32.3. The van der Waals surface area contributed by atoms with Gasteiger partial charge in [0.15, 0.2) is 5.78 Å². The zero-order chi connectivity index (χ0) is 13.8. The van der Waals surface area contributed by atoms with Crippen LogP contribution in [-0.2, 0) is 4.79 Å². The molecule has 0 saturated carbocycles. The molecular formula is C16H28OS. The predicted molar refractivity (Wildman–Crippen MR) is 84.8 cm³/mol. The third-order valence-electron chi connectivity index (χ3n) is 4.32. The van der Waals surface area contributed by atoms with Crippen LogP contribution >= 0.6 is 10.0 Å². The van der Waals surface area contributed by atoms with E-state index in [-0.39, 0.29) is 4.75 Å². The van der Waals surface area contributed by atoms with Crippen molar-refractivity contribution in [3.63, 3.8) is 0 Å². The SMILES string of the molecule is CC=C(C=CCC)C(=O)C(C)(C)S1(C)CCCC1. The molecule has 1 heterocycles. The quantitative estimate of drug-likeness (QED) is 0.531. The molecule has 0 amide bonds. The van der Waals surface area contributed by atoms with Crippen molar-refractivity contribution in [2.45, 2.75) is 51.7 Å². The summed E-state index contributed by atoms with van der Waals surface area (Å²) in [7, 11) is -0.786. The second-order valence-corrected chi connectivity index (χ2v) is 10.2. The lowest BCUT2D eigenvalue weighted by atomic mass is 9.99. The van der Waals surface area contributed by atoms with Gasteiger partial charge in [0.2, 0.25) is 0 Å². The van der Waals surface area contributed by atoms with E-state index in [2.05, 4.69) is 33.1 Å². The fourth-order valence-corrected chi connectivity index (χ4v) is 6.05. The van der Waals surface area contributed by atoms with Gasteiger partial charge < -0.3 is 0 Å². The highest BCUT2D eigenvalue weighted by Gasteiger charge is 2.44. The van der Waals surface area contributed by atoms with Gasteiger partial charge in [-0.15, -0.1) is 0 Å². The molecule has 0 bridgehead atoms. The van der Waals surface area contributed by atoms with E-state index in [0.29, 0.717) is 5.78 Å².